The molecule has 0 aliphatic heterocycles. The smallest absolute Gasteiger partial charge is 0.337 e. The normalized spacial score (nSPS) is 11.0. The summed E-state index contributed by atoms with van der Waals surface area (Å²) in [5, 5.41) is 14.3. The predicted molar refractivity (Wildman–Crippen MR) is 88.7 cm³/mol. The highest BCUT2D eigenvalue weighted by molar-refractivity contribution is 6.33. The van der Waals surface area contributed by atoms with Gasteiger partial charge in [0, 0.05) is 24.1 Å². The second-order valence-electron chi connectivity index (χ2n) is 6.16. The Morgan fingerprint density at radius 2 is 1.87 bits per heavy atom. The highest BCUT2D eigenvalue weighted by atomic mass is 35.5. The Labute approximate surface area is 140 Å². The third-order valence-corrected chi connectivity index (χ3v) is 3.34. The molecule has 0 heterocycles. The Kier molecular flexibility index (Phi) is 6.57. The molecule has 2 amide bonds. The zero-order chi connectivity index (χ0) is 17.6. The maximum absolute atomic E-state index is 11.8. The van der Waals surface area contributed by atoms with Crippen LogP contribution in [0.1, 0.15) is 44.0 Å². The zero-order valence-electron chi connectivity index (χ0n) is 13.4. The van der Waals surface area contributed by atoms with Crippen molar-refractivity contribution in [1.29, 1.82) is 0 Å². The lowest BCUT2D eigenvalue weighted by atomic mass is 9.96. The van der Waals surface area contributed by atoms with Crippen LogP contribution >= 0.6 is 11.6 Å². The minimum Gasteiger partial charge on any atom is -0.478 e. The van der Waals surface area contributed by atoms with Gasteiger partial charge in [0.05, 0.1) is 10.6 Å². The van der Waals surface area contributed by atoms with E-state index < -0.39 is 11.4 Å². The largest absolute Gasteiger partial charge is 0.478 e. The van der Waals surface area contributed by atoms with Gasteiger partial charge < -0.3 is 15.7 Å². The Bertz CT molecular complexity index is 609. The van der Waals surface area contributed by atoms with E-state index in [-0.39, 0.29) is 28.8 Å². The molecule has 1 aromatic carbocycles. The molecule has 0 radical (unpaired) electrons. The monoisotopic (exact) mass is 340 g/mol. The summed E-state index contributed by atoms with van der Waals surface area (Å²) in [6.07, 6.45) is 0.747. The van der Waals surface area contributed by atoms with Gasteiger partial charge in [-0.05, 0) is 24.6 Å². The van der Waals surface area contributed by atoms with E-state index in [1.54, 1.807) is 0 Å². The molecule has 6 nitrogen and oxygen atoms in total. The van der Waals surface area contributed by atoms with Gasteiger partial charge in [-0.3, -0.25) is 9.59 Å². The molecule has 0 atom stereocenters. The predicted octanol–water partition coefficient (Wildman–Crippen LogP) is 2.92. The van der Waals surface area contributed by atoms with E-state index in [4.69, 9.17) is 16.7 Å². The minimum atomic E-state index is -1.12. The molecule has 0 aromatic heterocycles. The first kappa shape index (κ1) is 19.0. The summed E-state index contributed by atoms with van der Waals surface area (Å²) in [4.78, 5) is 34.3. The Morgan fingerprint density at radius 3 is 2.39 bits per heavy atom. The number of hydrogen-bond acceptors (Lipinski definition) is 3. The molecular formula is C16H21ClN2O4. The zero-order valence-corrected chi connectivity index (χ0v) is 14.2. The Balaban J connectivity index is 2.41. The lowest BCUT2D eigenvalue weighted by molar-refractivity contribution is -0.128. The van der Waals surface area contributed by atoms with Crippen LogP contribution in [0.3, 0.4) is 0 Å². The molecule has 3 N–H and O–H groups in total. The number of rotatable bonds is 6. The van der Waals surface area contributed by atoms with Crippen molar-refractivity contribution in [2.45, 2.75) is 33.6 Å². The van der Waals surface area contributed by atoms with Crippen LogP contribution in [0.4, 0.5) is 5.69 Å². The number of hydrogen-bond donors (Lipinski definition) is 3. The highest BCUT2D eigenvalue weighted by Crippen LogP contribution is 2.21. The van der Waals surface area contributed by atoms with Crippen molar-refractivity contribution in [1.82, 2.24) is 5.32 Å². The van der Waals surface area contributed by atoms with Crippen molar-refractivity contribution in [3.05, 3.63) is 28.8 Å². The molecule has 1 rings (SSSR count). The van der Waals surface area contributed by atoms with E-state index in [1.807, 2.05) is 20.8 Å². The van der Waals surface area contributed by atoms with Crippen LogP contribution in [-0.2, 0) is 9.59 Å². The number of halogens is 1. The van der Waals surface area contributed by atoms with E-state index in [0.717, 1.165) is 0 Å². The van der Waals surface area contributed by atoms with Gasteiger partial charge in [0.15, 0.2) is 0 Å². The summed E-state index contributed by atoms with van der Waals surface area (Å²) in [6.45, 7) is 5.88. The van der Waals surface area contributed by atoms with Crippen molar-refractivity contribution < 1.29 is 19.5 Å². The van der Waals surface area contributed by atoms with Crippen LogP contribution < -0.4 is 10.6 Å². The number of carboxylic acid groups (broad SMARTS) is 1. The van der Waals surface area contributed by atoms with Crippen molar-refractivity contribution >= 4 is 35.1 Å². The van der Waals surface area contributed by atoms with Crippen LogP contribution in [0.2, 0.25) is 5.02 Å². The number of carbonyl (C=O) groups is 3. The third kappa shape index (κ3) is 6.28. The van der Waals surface area contributed by atoms with E-state index in [2.05, 4.69) is 10.6 Å². The molecule has 0 bridgehead atoms. The van der Waals surface area contributed by atoms with Gasteiger partial charge in [-0.15, -0.1) is 0 Å². The van der Waals surface area contributed by atoms with Crippen LogP contribution in [0.25, 0.3) is 0 Å². The standard InChI is InChI=1S/C16H21ClN2O4/c1-16(2,3)15(23)18-8-4-5-13(20)19-10-6-7-11(14(21)22)12(17)9-10/h6-7,9H,4-5,8H2,1-3H3,(H,18,23)(H,19,20)(H,21,22). The highest BCUT2D eigenvalue weighted by Gasteiger charge is 2.20. The van der Waals surface area contributed by atoms with Gasteiger partial charge in [-0.2, -0.15) is 0 Å². The fourth-order valence-electron chi connectivity index (χ4n) is 1.71. The van der Waals surface area contributed by atoms with Gasteiger partial charge in [-0.25, -0.2) is 4.79 Å². The fraction of sp³-hybridized carbons (Fsp3) is 0.438. The Hall–Kier alpha value is -2.08. The number of amides is 2. The summed E-state index contributed by atoms with van der Waals surface area (Å²) in [7, 11) is 0. The molecule has 0 saturated carbocycles. The van der Waals surface area contributed by atoms with Crippen molar-refractivity contribution in [2.24, 2.45) is 5.41 Å². The molecule has 0 aliphatic carbocycles. The van der Waals surface area contributed by atoms with Gasteiger partial charge in [0.2, 0.25) is 11.8 Å². The molecular weight excluding hydrogens is 320 g/mol. The molecule has 0 unspecified atom stereocenters. The Morgan fingerprint density at radius 1 is 1.22 bits per heavy atom. The van der Waals surface area contributed by atoms with Gasteiger partial charge in [-0.1, -0.05) is 32.4 Å². The number of nitrogens with one attached hydrogen (secondary N) is 2. The van der Waals surface area contributed by atoms with Gasteiger partial charge in [0.1, 0.15) is 0 Å². The van der Waals surface area contributed by atoms with Gasteiger partial charge >= 0.3 is 5.97 Å². The molecule has 126 valence electrons. The maximum atomic E-state index is 11.8. The summed E-state index contributed by atoms with van der Waals surface area (Å²) < 4.78 is 0. The van der Waals surface area contributed by atoms with Gasteiger partial charge in [0.25, 0.3) is 0 Å². The molecule has 7 heteroatoms. The van der Waals surface area contributed by atoms with Crippen LogP contribution in [0.5, 0.6) is 0 Å². The molecule has 0 spiro atoms. The second kappa shape index (κ2) is 7.97. The van der Waals surface area contributed by atoms with Crippen molar-refractivity contribution in [2.75, 3.05) is 11.9 Å². The molecule has 23 heavy (non-hydrogen) atoms. The topological polar surface area (TPSA) is 95.5 Å². The lowest BCUT2D eigenvalue weighted by Gasteiger charge is -2.17. The number of benzene rings is 1. The van der Waals surface area contributed by atoms with E-state index in [9.17, 15) is 14.4 Å². The minimum absolute atomic E-state index is 0.0189. The van der Waals surface area contributed by atoms with E-state index in [1.165, 1.54) is 18.2 Å². The number of carbonyl (C=O) groups excluding carboxylic acids is 2. The van der Waals surface area contributed by atoms with E-state index in [0.29, 0.717) is 18.7 Å². The van der Waals surface area contributed by atoms with Crippen LogP contribution in [-0.4, -0.2) is 29.4 Å². The molecule has 0 fully saturated rings. The number of anilines is 1. The lowest BCUT2D eigenvalue weighted by Crippen LogP contribution is -2.35. The summed E-state index contributed by atoms with van der Waals surface area (Å²) >= 11 is 5.83. The maximum Gasteiger partial charge on any atom is 0.337 e. The first-order chi connectivity index (χ1) is 10.6. The van der Waals surface area contributed by atoms with Crippen LogP contribution in [0, 0.1) is 5.41 Å². The van der Waals surface area contributed by atoms with Crippen LogP contribution in [0.15, 0.2) is 18.2 Å². The fourth-order valence-corrected chi connectivity index (χ4v) is 1.97. The summed E-state index contributed by atoms with van der Waals surface area (Å²) in [5.41, 5.74) is -0.0384. The third-order valence-electron chi connectivity index (χ3n) is 3.03. The molecule has 1 aromatic rings. The number of carboxylic acids is 1. The second-order valence-corrected chi connectivity index (χ2v) is 6.56. The van der Waals surface area contributed by atoms with Crippen molar-refractivity contribution in [3.63, 3.8) is 0 Å². The quantitative estimate of drug-likeness (QED) is 0.694. The SMILES string of the molecule is CC(C)(C)C(=O)NCCCC(=O)Nc1ccc(C(=O)O)c(Cl)c1. The summed E-state index contributed by atoms with van der Waals surface area (Å²) in [5.74, 6) is -1.41. The van der Waals surface area contributed by atoms with Crippen molar-refractivity contribution in [3.8, 4) is 0 Å². The molecule has 0 saturated heterocycles. The number of aromatic carboxylic acids is 1. The molecule has 0 aliphatic rings. The summed E-state index contributed by atoms with van der Waals surface area (Å²) in [6, 6.07) is 4.21. The van der Waals surface area contributed by atoms with E-state index >= 15 is 0 Å². The average molecular weight is 341 g/mol. The average Bonchev–Trinajstić information content (AvgIpc) is 2.41. The first-order valence-corrected chi connectivity index (χ1v) is 7.60. The first-order valence-electron chi connectivity index (χ1n) is 7.22.